The molecule has 0 saturated heterocycles. The molecule has 0 fully saturated rings. The van der Waals surface area contributed by atoms with Crippen molar-refractivity contribution in [2.24, 2.45) is 0 Å². The van der Waals surface area contributed by atoms with Crippen LogP contribution in [0, 0.1) is 13.8 Å². The molecule has 0 aliphatic carbocycles. The first-order chi connectivity index (χ1) is 8.06. The highest BCUT2D eigenvalue weighted by Crippen LogP contribution is 2.22. The van der Waals surface area contributed by atoms with Gasteiger partial charge in [0.1, 0.15) is 5.75 Å². The van der Waals surface area contributed by atoms with E-state index in [1.807, 2.05) is 19.9 Å². The molecule has 17 heavy (non-hydrogen) atoms. The van der Waals surface area contributed by atoms with Crippen LogP contribution in [0.5, 0.6) is 5.75 Å². The molecule has 0 atom stereocenters. The first kappa shape index (κ1) is 11.7. The molecule has 2 N–H and O–H groups in total. The van der Waals surface area contributed by atoms with E-state index >= 15 is 0 Å². The van der Waals surface area contributed by atoms with Gasteiger partial charge in [0, 0.05) is 10.6 Å². The molecule has 2 rings (SSSR count). The second-order valence-corrected chi connectivity index (χ2v) is 5.11. The summed E-state index contributed by atoms with van der Waals surface area (Å²) in [6, 6.07) is 8.30. The first-order valence-electron chi connectivity index (χ1n) is 5.23. The average Bonchev–Trinajstić information content (AvgIpc) is 2.63. The van der Waals surface area contributed by atoms with E-state index in [0.717, 1.165) is 10.4 Å². The van der Waals surface area contributed by atoms with Crippen molar-refractivity contribution in [2.45, 2.75) is 13.8 Å². The van der Waals surface area contributed by atoms with E-state index in [2.05, 4.69) is 5.32 Å². The SMILES string of the molecule is Cc1cc(C(=O)Nc2ccc(O)cc2)sc1C. The lowest BCUT2D eigenvalue weighted by molar-refractivity contribution is 0.103. The molecule has 88 valence electrons. The maximum atomic E-state index is 11.9. The summed E-state index contributed by atoms with van der Waals surface area (Å²) in [6.45, 7) is 3.99. The van der Waals surface area contributed by atoms with Crippen molar-refractivity contribution in [2.75, 3.05) is 5.32 Å². The van der Waals surface area contributed by atoms with Crippen LogP contribution in [0.25, 0.3) is 0 Å². The number of phenolic OH excluding ortho intramolecular Hbond substituents is 1. The van der Waals surface area contributed by atoms with Crippen LogP contribution in [-0.4, -0.2) is 11.0 Å². The predicted molar refractivity (Wildman–Crippen MR) is 69.9 cm³/mol. The largest absolute Gasteiger partial charge is 0.508 e. The van der Waals surface area contributed by atoms with Crippen LogP contribution in [0.2, 0.25) is 0 Å². The van der Waals surface area contributed by atoms with Crippen LogP contribution in [0.3, 0.4) is 0 Å². The van der Waals surface area contributed by atoms with Gasteiger partial charge in [-0.1, -0.05) is 0 Å². The van der Waals surface area contributed by atoms with E-state index in [0.29, 0.717) is 10.6 Å². The number of benzene rings is 1. The smallest absolute Gasteiger partial charge is 0.265 e. The molecule has 1 aromatic heterocycles. The number of anilines is 1. The lowest BCUT2D eigenvalue weighted by atomic mass is 10.2. The van der Waals surface area contributed by atoms with Crippen molar-refractivity contribution >= 4 is 22.9 Å². The Morgan fingerprint density at radius 3 is 2.41 bits per heavy atom. The molecule has 0 saturated carbocycles. The zero-order valence-electron chi connectivity index (χ0n) is 9.65. The molecule has 1 aromatic carbocycles. The van der Waals surface area contributed by atoms with Crippen molar-refractivity contribution in [3.63, 3.8) is 0 Å². The molecule has 1 heterocycles. The fraction of sp³-hybridized carbons (Fsp3) is 0.154. The highest BCUT2D eigenvalue weighted by atomic mass is 32.1. The van der Waals surface area contributed by atoms with E-state index in [9.17, 15) is 4.79 Å². The number of aryl methyl sites for hydroxylation is 2. The molecule has 0 unspecified atom stereocenters. The van der Waals surface area contributed by atoms with E-state index in [1.165, 1.54) is 11.3 Å². The molecule has 0 bridgehead atoms. The van der Waals surface area contributed by atoms with Crippen molar-refractivity contribution in [1.82, 2.24) is 0 Å². The third-order valence-corrected chi connectivity index (χ3v) is 3.67. The molecule has 0 spiro atoms. The summed E-state index contributed by atoms with van der Waals surface area (Å²) in [5, 5.41) is 11.9. The van der Waals surface area contributed by atoms with Gasteiger partial charge in [-0.2, -0.15) is 0 Å². The summed E-state index contributed by atoms with van der Waals surface area (Å²) in [6.07, 6.45) is 0. The predicted octanol–water partition coefficient (Wildman–Crippen LogP) is 3.32. The van der Waals surface area contributed by atoms with Gasteiger partial charge in [-0.05, 0) is 49.7 Å². The number of rotatable bonds is 2. The Balaban J connectivity index is 2.14. The number of carbonyl (C=O) groups is 1. The standard InChI is InChI=1S/C13H13NO2S/c1-8-7-12(17-9(8)2)13(16)14-10-3-5-11(15)6-4-10/h3-7,15H,1-2H3,(H,14,16). The topological polar surface area (TPSA) is 49.3 Å². The maximum Gasteiger partial charge on any atom is 0.265 e. The Bertz CT molecular complexity index is 524. The lowest BCUT2D eigenvalue weighted by Gasteiger charge is -2.03. The summed E-state index contributed by atoms with van der Waals surface area (Å²) in [5.74, 6) is 0.0719. The molecule has 4 heteroatoms. The van der Waals surface area contributed by atoms with Crippen LogP contribution in [0.15, 0.2) is 30.3 Å². The Kier molecular flexibility index (Phi) is 3.15. The van der Waals surface area contributed by atoms with Crippen LogP contribution in [0.1, 0.15) is 20.1 Å². The zero-order valence-corrected chi connectivity index (χ0v) is 10.5. The summed E-state index contributed by atoms with van der Waals surface area (Å²) in [7, 11) is 0. The molecular formula is C13H13NO2S. The number of thiophene rings is 1. The molecular weight excluding hydrogens is 234 g/mol. The van der Waals surface area contributed by atoms with Gasteiger partial charge >= 0.3 is 0 Å². The van der Waals surface area contributed by atoms with Crippen LogP contribution >= 0.6 is 11.3 Å². The summed E-state index contributed by atoms with van der Waals surface area (Å²) >= 11 is 1.48. The fourth-order valence-corrected chi connectivity index (χ4v) is 2.35. The Labute approximate surface area is 104 Å². The van der Waals surface area contributed by atoms with Crippen LogP contribution < -0.4 is 5.32 Å². The minimum absolute atomic E-state index is 0.114. The average molecular weight is 247 g/mol. The monoisotopic (exact) mass is 247 g/mol. The number of hydrogen-bond acceptors (Lipinski definition) is 3. The number of carbonyl (C=O) groups excluding carboxylic acids is 1. The summed E-state index contributed by atoms with van der Waals surface area (Å²) in [4.78, 5) is 13.8. The van der Waals surface area contributed by atoms with Gasteiger partial charge in [0.15, 0.2) is 0 Å². The van der Waals surface area contributed by atoms with E-state index in [4.69, 9.17) is 5.11 Å². The molecule has 0 radical (unpaired) electrons. The summed E-state index contributed by atoms with van der Waals surface area (Å²) < 4.78 is 0. The quantitative estimate of drug-likeness (QED) is 0.800. The molecule has 3 nitrogen and oxygen atoms in total. The van der Waals surface area contributed by atoms with Gasteiger partial charge in [0.2, 0.25) is 0 Å². The number of hydrogen-bond donors (Lipinski definition) is 2. The number of phenols is 1. The number of amides is 1. The van der Waals surface area contributed by atoms with Gasteiger partial charge in [0.05, 0.1) is 4.88 Å². The van der Waals surface area contributed by atoms with Gasteiger partial charge < -0.3 is 10.4 Å². The van der Waals surface area contributed by atoms with Gasteiger partial charge in [-0.15, -0.1) is 11.3 Å². The second kappa shape index (κ2) is 4.59. The first-order valence-corrected chi connectivity index (χ1v) is 6.05. The van der Waals surface area contributed by atoms with E-state index in [-0.39, 0.29) is 11.7 Å². The van der Waals surface area contributed by atoms with Gasteiger partial charge in [-0.3, -0.25) is 4.79 Å². The minimum atomic E-state index is -0.114. The third-order valence-electron chi connectivity index (χ3n) is 2.51. The van der Waals surface area contributed by atoms with Crippen molar-refractivity contribution in [3.8, 4) is 5.75 Å². The van der Waals surface area contributed by atoms with Crippen LogP contribution in [0.4, 0.5) is 5.69 Å². The highest BCUT2D eigenvalue weighted by Gasteiger charge is 2.10. The van der Waals surface area contributed by atoms with Crippen LogP contribution in [-0.2, 0) is 0 Å². The molecule has 2 aromatic rings. The molecule has 1 amide bonds. The van der Waals surface area contributed by atoms with Gasteiger partial charge in [-0.25, -0.2) is 0 Å². The normalized spacial score (nSPS) is 10.2. The Hall–Kier alpha value is -1.81. The Morgan fingerprint density at radius 2 is 1.88 bits per heavy atom. The molecule has 0 aliphatic heterocycles. The highest BCUT2D eigenvalue weighted by molar-refractivity contribution is 7.14. The minimum Gasteiger partial charge on any atom is -0.508 e. The summed E-state index contributed by atoms with van der Waals surface area (Å²) in [5.41, 5.74) is 1.81. The number of aromatic hydroxyl groups is 1. The Morgan fingerprint density at radius 1 is 1.24 bits per heavy atom. The maximum absolute atomic E-state index is 11.9. The van der Waals surface area contributed by atoms with Crippen molar-refractivity contribution in [3.05, 3.63) is 45.6 Å². The van der Waals surface area contributed by atoms with E-state index < -0.39 is 0 Å². The second-order valence-electron chi connectivity index (χ2n) is 3.85. The number of nitrogens with one attached hydrogen (secondary N) is 1. The van der Waals surface area contributed by atoms with Gasteiger partial charge in [0.25, 0.3) is 5.91 Å². The fourth-order valence-electron chi connectivity index (χ4n) is 1.42. The lowest BCUT2D eigenvalue weighted by Crippen LogP contribution is -2.09. The van der Waals surface area contributed by atoms with Crippen molar-refractivity contribution in [1.29, 1.82) is 0 Å². The zero-order chi connectivity index (χ0) is 12.4. The van der Waals surface area contributed by atoms with Crippen molar-refractivity contribution < 1.29 is 9.90 Å². The third kappa shape index (κ3) is 2.65. The van der Waals surface area contributed by atoms with E-state index in [1.54, 1.807) is 24.3 Å². The molecule has 0 aliphatic rings.